The normalized spacial score (nSPS) is 13.1. The molecule has 1 unspecified atom stereocenters. The highest BCUT2D eigenvalue weighted by Gasteiger charge is 2.17. The van der Waals surface area contributed by atoms with Crippen LogP contribution in [0.5, 0.6) is 0 Å². The minimum absolute atomic E-state index is 0.0375. The number of sulfonamides is 1. The summed E-state index contributed by atoms with van der Waals surface area (Å²) >= 11 is 0. The number of carbonyl (C=O) groups is 1. The molecule has 0 aliphatic rings. The van der Waals surface area contributed by atoms with Crippen molar-refractivity contribution in [3.05, 3.63) is 70.9 Å². The van der Waals surface area contributed by atoms with Gasteiger partial charge in [-0.05, 0) is 55.3 Å². The van der Waals surface area contributed by atoms with Crippen LogP contribution in [-0.2, 0) is 15.4 Å². The largest absolute Gasteiger partial charge is 0.346 e. The maximum absolute atomic E-state index is 12.8. The molecule has 2 N–H and O–H groups in total. The SMILES string of the molecule is Cc1cc(C(C)NC(=O)c2ccc3nc(C(C)(C)C)ccc3c2)ccc1NS(C)(=O)=O. The van der Waals surface area contributed by atoms with Gasteiger partial charge in [-0.2, -0.15) is 0 Å². The molecule has 1 heterocycles. The molecule has 0 saturated carbocycles. The number of pyridine rings is 1. The van der Waals surface area contributed by atoms with Crippen LogP contribution in [0.3, 0.4) is 0 Å². The lowest BCUT2D eigenvalue weighted by Crippen LogP contribution is -2.26. The fourth-order valence-electron chi connectivity index (χ4n) is 3.32. The minimum Gasteiger partial charge on any atom is -0.346 e. The lowest BCUT2D eigenvalue weighted by molar-refractivity contribution is 0.0940. The Bertz CT molecular complexity index is 1240. The van der Waals surface area contributed by atoms with E-state index >= 15 is 0 Å². The van der Waals surface area contributed by atoms with Gasteiger partial charge in [0.25, 0.3) is 5.91 Å². The molecule has 3 aromatic rings. The van der Waals surface area contributed by atoms with E-state index in [-0.39, 0.29) is 17.4 Å². The molecule has 0 aliphatic heterocycles. The molecular weight excluding hydrogens is 410 g/mol. The number of aryl methyl sites for hydroxylation is 1. The summed E-state index contributed by atoms with van der Waals surface area (Å²) in [4.78, 5) is 17.5. The fraction of sp³-hybridized carbons (Fsp3) is 0.333. The quantitative estimate of drug-likeness (QED) is 0.603. The zero-order valence-corrected chi connectivity index (χ0v) is 19.6. The first-order valence-electron chi connectivity index (χ1n) is 10.1. The Morgan fingerprint density at radius 3 is 2.35 bits per heavy atom. The molecule has 0 saturated heterocycles. The second kappa shape index (κ2) is 8.30. The average molecular weight is 440 g/mol. The Labute approximate surface area is 184 Å². The molecule has 0 spiro atoms. The monoisotopic (exact) mass is 439 g/mol. The van der Waals surface area contributed by atoms with Gasteiger partial charge < -0.3 is 5.32 Å². The van der Waals surface area contributed by atoms with Gasteiger partial charge in [0, 0.05) is 22.1 Å². The van der Waals surface area contributed by atoms with Gasteiger partial charge in [0.1, 0.15) is 0 Å². The topological polar surface area (TPSA) is 88.2 Å². The van der Waals surface area contributed by atoms with E-state index in [4.69, 9.17) is 4.98 Å². The van der Waals surface area contributed by atoms with Gasteiger partial charge in [-0.1, -0.05) is 39.0 Å². The first kappa shape index (κ1) is 22.7. The summed E-state index contributed by atoms with van der Waals surface area (Å²) in [6, 6.07) is 14.7. The van der Waals surface area contributed by atoms with Crippen LogP contribution < -0.4 is 10.0 Å². The summed E-state index contributed by atoms with van der Waals surface area (Å²) in [5, 5.41) is 3.93. The molecule has 2 aromatic carbocycles. The number of anilines is 1. The van der Waals surface area contributed by atoms with Crippen molar-refractivity contribution in [2.24, 2.45) is 0 Å². The smallest absolute Gasteiger partial charge is 0.251 e. The van der Waals surface area contributed by atoms with Gasteiger partial charge in [0.2, 0.25) is 10.0 Å². The van der Waals surface area contributed by atoms with Crippen LogP contribution in [0.2, 0.25) is 0 Å². The minimum atomic E-state index is -3.34. The first-order valence-corrected chi connectivity index (χ1v) is 12.0. The van der Waals surface area contributed by atoms with Crippen molar-refractivity contribution in [2.75, 3.05) is 11.0 Å². The van der Waals surface area contributed by atoms with E-state index < -0.39 is 10.0 Å². The van der Waals surface area contributed by atoms with Crippen molar-refractivity contribution in [3.8, 4) is 0 Å². The standard InChI is InChI=1S/C24H29N3O3S/c1-15-13-17(7-10-20(15)27-31(6,29)30)16(2)25-23(28)19-8-11-21-18(14-19)9-12-22(26-21)24(3,4)5/h7-14,16,27H,1-6H3,(H,25,28). The molecule has 164 valence electrons. The number of hydrogen-bond donors (Lipinski definition) is 2. The summed E-state index contributed by atoms with van der Waals surface area (Å²) in [5.74, 6) is -0.176. The van der Waals surface area contributed by atoms with Crippen LogP contribution in [0.1, 0.15) is 60.9 Å². The summed E-state index contributed by atoms with van der Waals surface area (Å²) in [6.45, 7) is 10.1. The van der Waals surface area contributed by atoms with Gasteiger partial charge in [-0.25, -0.2) is 8.42 Å². The molecule has 0 radical (unpaired) electrons. The van der Waals surface area contributed by atoms with Crippen LogP contribution in [0.25, 0.3) is 10.9 Å². The summed E-state index contributed by atoms with van der Waals surface area (Å²) in [6.07, 6.45) is 1.12. The second-order valence-corrected chi connectivity index (χ2v) is 10.7. The number of rotatable bonds is 5. The number of nitrogens with zero attached hydrogens (tertiary/aromatic N) is 1. The lowest BCUT2D eigenvalue weighted by Gasteiger charge is -2.18. The number of aromatic nitrogens is 1. The van der Waals surface area contributed by atoms with Crippen molar-refractivity contribution >= 4 is 32.5 Å². The molecule has 1 amide bonds. The van der Waals surface area contributed by atoms with E-state index in [0.29, 0.717) is 11.3 Å². The van der Waals surface area contributed by atoms with E-state index in [1.165, 1.54) is 0 Å². The van der Waals surface area contributed by atoms with Crippen molar-refractivity contribution in [1.29, 1.82) is 0 Å². The molecule has 1 atom stereocenters. The lowest BCUT2D eigenvalue weighted by atomic mass is 9.91. The van der Waals surface area contributed by atoms with Gasteiger partial charge >= 0.3 is 0 Å². The summed E-state index contributed by atoms with van der Waals surface area (Å²) < 4.78 is 25.4. The van der Waals surface area contributed by atoms with E-state index in [1.54, 1.807) is 12.1 Å². The molecule has 0 fully saturated rings. The third-order valence-corrected chi connectivity index (χ3v) is 5.70. The Kier molecular flexibility index (Phi) is 6.09. The Hall–Kier alpha value is -2.93. The van der Waals surface area contributed by atoms with Crippen molar-refractivity contribution in [1.82, 2.24) is 10.3 Å². The molecule has 31 heavy (non-hydrogen) atoms. The molecule has 0 aliphatic carbocycles. The predicted octanol–water partition coefficient (Wildman–Crippen LogP) is 4.70. The third kappa shape index (κ3) is 5.61. The number of benzene rings is 2. The summed E-state index contributed by atoms with van der Waals surface area (Å²) in [5.41, 5.74) is 4.61. The highest BCUT2D eigenvalue weighted by atomic mass is 32.2. The maximum atomic E-state index is 12.8. The van der Waals surface area contributed by atoms with Crippen molar-refractivity contribution in [3.63, 3.8) is 0 Å². The Morgan fingerprint density at radius 2 is 1.74 bits per heavy atom. The van der Waals surface area contributed by atoms with Crippen LogP contribution in [0.4, 0.5) is 5.69 Å². The highest BCUT2D eigenvalue weighted by molar-refractivity contribution is 7.92. The zero-order chi connectivity index (χ0) is 23.0. The maximum Gasteiger partial charge on any atom is 0.251 e. The molecule has 7 heteroatoms. The fourth-order valence-corrected chi connectivity index (χ4v) is 3.95. The van der Waals surface area contributed by atoms with Crippen LogP contribution >= 0.6 is 0 Å². The molecular formula is C24H29N3O3S. The van der Waals surface area contributed by atoms with Crippen LogP contribution in [0, 0.1) is 6.92 Å². The second-order valence-electron chi connectivity index (χ2n) is 9.00. The van der Waals surface area contributed by atoms with Crippen molar-refractivity contribution < 1.29 is 13.2 Å². The Balaban J connectivity index is 1.77. The number of nitrogens with one attached hydrogen (secondary N) is 2. The summed E-state index contributed by atoms with van der Waals surface area (Å²) in [7, 11) is -3.34. The van der Waals surface area contributed by atoms with Crippen molar-refractivity contribution in [2.45, 2.75) is 46.1 Å². The van der Waals surface area contributed by atoms with E-state index in [2.05, 4.69) is 30.8 Å². The molecule has 6 nitrogen and oxygen atoms in total. The molecule has 3 rings (SSSR count). The number of fused-ring (bicyclic) bond motifs is 1. The first-order chi connectivity index (χ1) is 14.3. The van der Waals surface area contributed by atoms with Gasteiger partial charge in [0.05, 0.1) is 23.5 Å². The van der Waals surface area contributed by atoms with Crippen LogP contribution in [-0.4, -0.2) is 25.6 Å². The average Bonchev–Trinajstić information content (AvgIpc) is 2.66. The van der Waals surface area contributed by atoms with Gasteiger partial charge in [-0.15, -0.1) is 0 Å². The Morgan fingerprint density at radius 1 is 1.03 bits per heavy atom. The highest BCUT2D eigenvalue weighted by Crippen LogP contribution is 2.25. The molecule has 1 aromatic heterocycles. The molecule has 0 bridgehead atoms. The van der Waals surface area contributed by atoms with E-state index in [9.17, 15) is 13.2 Å². The predicted molar refractivity (Wildman–Crippen MR) is 126 cm³/mol. The van der Waals surface area contributed by atoms with E-state index in [0.717, 1.165) is 34.0 Å². The number of hydrogen-bond acceptors (Lipinski definition) is 4. The van der Waals surface area contributed by atoms with Crippen LogP contribution in [0.15, 0.2) is 48.5 Å². The zero-order valence-electron chi connectivity index (χ0n) is 18.8. The number of amides is 1. The number of carbonyl (C=O) groups excluding carboxylic acids is 1. The van der Waals surface area contributed by atoms with Gasteiger partial charge in [0.15, 0.2) is 0 Å². The third-order valence-electron chi connectivity index (χ3n) is 5.11. The van der Waals surface area contributed by atoms with E-state index in [1.807, 2.05) is 50.2 Å². The van der Waals surface area contributed by atoms with Gasteiger partial charge in [-0.3, -0.25) is 14.5 Å².